The van der Waals surface area contributed by atoms with Gasteiger partial charge in [0.2, 0.25) is 5.91 Å². The summed E-state index contributed by atoms with van der Waals surface area (Å²) in [7, 11) is 0. The molecule has 19 heavy (non-hydrogen) atoms. The van der Waals surface area contributed by atoms with Gasteiger partial charge in [-0.1, -0.05) is 0 Å². The van der Waals surface area contributed by atoms with Crippen molar-refractivity contribution in [2.45, 2.75) is 38.2 Å². The molecular formula is C14H25ClN2O2. The van der Waals surface area contributed by atoms with E-state index < -0.39 is 0 Å². The molecule has 0 saturated carbocycles. The molecule has 0 aliphatic carbocycles. The first-order chi connectivity index (χ1) is 8.83. The van der Waals surface area contributed by atoms with E-state index in [1.807, 2.05) is 0 Å². The van der Waals surface area contributed by atoms with Crippen molar-refractivity contribution in [1.82, 2.24) is 10.2 Å². The summed E-state index contributed by atoms with van der Waals surface area (Å²) in [6, 6.07) is 0. The van der Waals surface area contributed by atoms with Crippen molar-refractivity contribution in [2.24, 2.45) is 11.8 Å². The van der Waals surface area contributed by atoms with Crippen molar-refractivity contribution >= 4 is 18.3 Å². The maximum absolute atomic E-state index is 12.3. The number of nitrogens with zero attached hydrogens (tertiary/aromatic N) is 1. The monoisotopic (exact) mass is 288 g/mol. The molecular weight excluding hydrogens is 264 g/mol. The SMILES string of the molecule is Cl.O=C(CC1CCCCO1)N1CCC2CNCC2C1. The largest absolute Gasteiger partial charge is 0.378 e. The van der Waals surface area contributed by atoms with Gasteiger partial charge in [0.1, 0.15) is 0 Å². The van der Waals surface area contributed by atoms with E-state index in [1.54, 1.807) is 0 Å². The molecule has 0 bridgehead atoms. The predicted molar refractivity (Wildman–Crippen MR) is 76.5 cm³/mol. The standard InChI is InChI=1S/C14H24N2O2.ClH/c17-14(7-13-3-1-2-6-18-13)16-5-4-11-8-15-9-12(11)10-16;/h11-13,15H,1-10H2;1H. The van der Waals surface area contributed by atoms with E-state index in [4.69, 9.17) is 4.74 Å². The molecule has 3 atom stereocenters. The molecule has 3 aliphatic heterocycles. The highest BCUT2D eigenvalue weighted by molar-refractivity contribution is 5.85. The number of rotatable bonds is 2. The van der Waals surface area contributed by atoms with Crippen LogP contribution in [-0.2, 0) is 9.53 Å². The van der Waals surface area contributed by atoms with Crippen LogP contribution in [0.5, 0.6) is 0 Å². The summed E-state index contributed by atoms with van der Waals surface area (Å²) in [6.45, 7) is 5.00. The zero-order valence-electron chi connectivity index (χ0n) is 11.5. The van der Waals surface area contributed by atoms with Gasteiger partial charge in [0.15, 0.2) is 0 Å². The van der Waals surface area contributed by atoms with E-state index in [-0.39, 0.29) is 18.5 Å². The third-order valence-electron chi connectivity index (χ3n) is 4.73. The van der Waals surface area contributed by atoms with Gasteiger partial charge >= 0.3 is 0 Å². The molecule has 5 heteroatoms. The maximum Gasteiger partial charge on any atom is 0.225 e. The van der Waals surface area contributed by atoms with Crippen LogP contribution in [0.2, 0.25) is 0 Å². The number of hydrogen-bond donors (Lipinski definition) is 1. The Bertz CT molecular complexity index is 308. The minimum atomic E-state index is 0. The van der Waals surface area contributed by atoms with Gasteiger partial charge in [-0.25, -0.2) is 0 Å². The number of likely N-dealkylation sites (tertiary alicyclic amines) is 1. The average Bonchev–Trinajstić information content (AvgIpc) is 2.87. The first-order valence-electron chi connectivity index (χ1n) is 7.43. The zero-order valence-corrected chi connectivity index (χ0v) is 12.3. The Balaban J connectivity index is 0.00000133. The fraction of sp³-hybridized carbons (Fsp3) is 0.929. The number of piperidine rings is 1. The Labute approximate surface area is 121 Å². The summed E-state index contributed by atoms with van der Waals surface area (Å²) in [5.41, 5.74) is 0. The van der Waals surface area contributed by atoms with Crippen LogP contribution in [0.25, 0.3) is 0 Å². The van der Waals surface area contributed by atoms with Crippen LogP contribution < -0.4 is 5.32 Å². The van der Waals surface area contributed by atoms with E-state index in [1.165, 1.54) is 12.8 Å². The topological polar surface area (TPSA) is 41.6 Å². The van der Waals surface area contributed by atoms with Crippen molar-refractivity contribution in [3.05, 3.63) is 0 Å². The number of hydrogen-bond acceptors (Lipinski definition) is 3. The lowest BCUT2D eigenvalue weighted by Crippen LogP contribution is -2.44. The first-order valence-corrected chi connectivity index (χ1v) is 7.43. The highest BCUT2D eigenvalue weighted by atomic mass is 35.5. The van der Waals surface area contributed by atoms with Crippen molar-refractivity contribution in [1.29, 1.82) is 0 Å². The number of ether oxygens (including phenoxy) is 1. The number of nitrogens with one attached hydrogen (secondary N) is 1. The highest BCUT2D eigenvalue weighted by Gasteiger charge is 2.34. The summed E-state index contributed by atoms with van der Waals surface area (Å²) >= 11 is 0. The van der Waals surface area contributed by atoms with Gasteiger partial charge in [0, 0.05) is 19.7 Å². The van der Waals surface area contributed by atoms with Gasteiger partial charge in [-0.05, 0) is 50.6 Å². The minimum absolute atomic E-state index is 0. The van der Waals surface area contributed by atoms with Crippen molar-refractivity contribution < 1.29 is 9.53 Å². The van der Waals surface area contributed by atoms with E-state index in [9.17, 15) is 4.79 Å². The van der Waals surface area contributed by atoms with Crippen LogP contribution in [0, 0.1) is 11.8 Å². The molecule has 0 radical (unpaired) electrons. The molecule has 0 aromatic carbocycles. The third-order valence-corrected chi connectivity index (χ3v) is 4.73. The first kappa shape index (κ1) is 15.1. The number of amides is 1. The van der Waals surface area contributed by atoms with Crippen LogP contribution >= 0.6 is 12.4 Å². The van der Waals surface area contributed by atoms with Crippen molar-refractivity contribution in [3.63, 3.8) is 0 Å². The maximum atomic E-state index is 12.3. The fourth-order valence-electron chi connectivity index (χ4n) is 3.55. The van der Waals surface area contributed by atoms with Gasteiger partial charge < -0.3 is 15.0 Å². The lowest BCUT2D eigenvalue weighted by Gasteiger charge is -2.35. The van der Waals surface area contributed by atoms with Gasteiger partial charge in [-0.2, -0.15) is 0 Å². The Morgan fingerprint density at radius 1 is 1.21 bits per heavy atom. The van der Waals surface area contributed by atoms with Crippen molar-refractivity contribution in [2.75, 3.05) is 32.8 Å². The lowest BCUT2D eigenvalue weighted by atomic mass is 9.88. The summed E-state index contributed by atoms with van der Waals surface area (Å²) in [6.07, 6.45) is 5.40. The van der Waals surface area contributed by atoms with Gasteiger partial charge in [0.25, 0.3) is 0 Å². The average molecular weight is 289 g/mol. The summed E-state index contributed by atoms with van der Waals surface area (Å²) in [5.74, 6) is 1.81. The molecule has 0 aromatic rings. The van der Waals surface area contributed by atoms with Crippen LogP contribution in [-0.4, -0.2) is 49.7 Å². The molecule has 0 aromatic heterocycles. The van der Waals surface area contributed by atoms with Gasteiger partial charge in [0.05, 0.1) is 12.5 Å². The molecule has 3 fully saturated rings. The van der Waals surface area contributed by atoms with E-state index in [0.717, 1.165) is 51.5 Å². The van der Waals surface area contributed by atoms with Crippen molar-refractivity contribution in [3.8, 4) is 0 Å². The lowest BCUT2D eigenvalue weighted by molar-refractivity contribution is -0.137. The second-order valence-corrected chi connectivity index (χ2v) is 6.00. The second-order valence-electron chi connectivity index (χ2n) is 6.00. The van der Waals surface area contributed by atoms with Gasteiger partial charge in [-0.15, -0.1) is 12.4 Å². The van der Waals surface area contributed by atoms with E-state index in [0.29, 0.717) is 18.2 Å². The van der Waals surface area contributed by atoms with Crippen LogP contribution in [0.3, 0.4) is 0 Å². The summed E-state index contributed by atoms with van der Waals surface area (Å²) in [4.78, 5) is 14.4. The van der Waals surface area contributed by atoms with Crippen LogP contribution in [0.4, 0.5) is 0 Å². The molecule has 1 N–H and O–H groups in total. The molecule has 3 aliphatic rings. The predicted octanol–water partition coefficient (Wildman–Crippen LogP) is 1.44. The minimum Gasteiger partial charge on any atom is -0.378 e. The Kier molecular flexibility index (Phi) is 5.48. The summed E-state index contributed by atoms with van der Waals surface area (Å²) < 4.78 is 5.67. The number of carbonyl (C=O) groups is 1. The smallest absolute Gasteiger partial charge is 0.225 e. The highest BCUT2D eigenvalue weighted by Crippen LogP contribution is 2.27. The van der Waals surface area contributed by atoms with Crippen LogP contribution in [0.15, 0.2) is 0 Å². The van der Waals surface area contributed by atoms with Crippen LogP contribution in [0.1, 0.15) is 32.1 Å². The Morgan fingerprint density at radius 2 is 2.05 bits per heavy atom. The second kappa shape index (κ2) is 6.91. The third kappa shape index (κ3) is 3.61. The quantitative estimate of drug-likeness (QED) is 0.836. The molecule has 3 heterocycles. The summed E-state index contributed by atoms with van der Waals surface area (Å²) in [5, 5.41) is 3.44. The molecule has 3 rings (SSSR count). The zero-order chi connectivity index (χ0) is 12.4. The van der Waals surface area contributed by atoms with E-state index >= 15 is 0 Å². The molecule has 3 unspecified atom stereocenters. The molecule has 0 spiro atoms. The van der Waals surface area contributed by atoms with Gasteiger partial charge in [-0.3, -0.25) is 4.79 Å². The number of carbonyl (C=O) groups excluding carboxylic acids is 1. The Hall–Kier alpha value is -0.320. The molecule has 4 nitrogen and oxygen atoms in total. The number of fused-ring (bicyclic) bond motifs is 1. The van der Waals surface area contributed by atoms with E-state index in [2.05, 4.69) is 10.2 Å². The normalized spacial score (nSPS) is 34.5. The fourth-order valence-corrected chi connectivity index (χ4v) is 3.55. The Morgan fingerprint density at radius 3 is 2.84 bits per heavy atom. The number of halogens is 1. The molecule has 3 saturated heterocycles. The molecule has 1 amide bonds. The molecule has 110 valence electrons.